The molecule has 11 heteroatoms. The van der Waals surface area contributed by atoms with E-state index in [0.29, 0.717) is 44.7 Å². The molecule has 1 amide bonds. The van der Waals surface area contributed by atoms with Gasteiger partial charge in [0.2, 0.25) is 0 Å². The summed E-state index contributed by atoms with van der Waals surface area (Å²) in [5, 5.41) is 24.0. The predicted molar refractivity (Wildman–Crippen MR) is 137 cm³/mol. The minimum Gasteiger partial charge on any atom is -0.324 e. The van der Waals surface area contributed by atoms with Crippen molar-refractivity contribution >= 4 is 35.3 Å². The fraction of sp³-hybridized carbons (Fsp3) is 0.0400. The summed E-state index contributed by atoms with van der Waals surface area (Å²) in [7, 11) is 0. The zero-order valence-electron chi connectivity index (χ0n) is 18.7. The smallest absolute Gasteiger partial charge is 0.255 e. The molecule has 3 aromatic carbocycles. The number of hydrogen-bond donors (Lipinski definition) is 1. The Morgan fingerprint density at radius 2 is 1.72 bits per heavy atom. The van der Waals surface area contributed by atoms with Gasteiger partial charge in [-0.2, -0.15) is 4.68 Å². The maximum absolute atomic E-state index is 12.9. The van der Waals surface area contributed by atoms with E-state index in [1.165, 1.54) is 11.0 Å². The number of halogens is 2. The van der Waals surface area contributed by atoms with E-state index in [1.54, 1.807) is 59.5 Å². The van der Waals surface area contributed by atoms with Gasteiger partial charge in [0, 0.05) is 39.5 Å². The molecule has 178 valence electrons. The van der Waals surface area contributed by atoms with E-state index >= 15 is 0 Å². The number of nitrogens with one attached hydrogen (secondary N) is 1. The molecule has 0 spiro atoms. The Balaban J connectivity index is 1.47. The van der Waals surface area contributed by atoms with Gasteiger partial charge in [-0.25, -0.2) is 4.68 Å². The largest absolute Gasteiger partial charge is 0.324 e. The van der Waals surface area contributed by atoms with Gasteiger partial charge in [-0.05, 0) is 58.5 Å². The first-order valence-corrected chi connectivity index (χ1v) is 11.6. The van der Waals surface area contributed by atoms with E-state index in [9.17, 15) is 4.79 Å². The van der Waals surface area contributed by atoms with Crippen LogP contribution in [0.4, 0.5) is 0 Å². The van der Waals surface area contributed by atoms with Gasteiger partial charge in [0.25, 0.3) is 5.91 Å². The van der Waals surface area contributed by atoms with Gasteiger partial charge in [-0.1, -0.05) is 58.7 Å². The molecule has 2 heterocycles. The van der Waals surface area contributed by atoms with Crippen LogP contribution >= 0.6 is 23.2 Å². The van der Waals surface area contributed by atoms with Crippen LogP contribution in [0.2, 0.25) is 10.0 Å². The second-order valence-corrected chi connectivity index (χ2v) is 8.65. The molecule has 5 rings (SSSR count). The zero-order valence-corrected chi connectivity index (χ0v) is 20.2. The van der Waals surface area contributed by atoms with Gasteiger partial charge in [-0.15, -0.1) is 10.2 Å². The van der Waals surface area contributed by atoms with Crippen LogP contribution in [-0.4, -0.2) is 41.1 Å². The molecular weight excluding hydrogens is 499 g/mol. The van der Waals surface area contributed by atoms with Crippen LogP contribution in [0, 0.1) is 0 Å². The van der Waals surface area contributed by atoms with Crippen LogP contribution in [0.5, 0.6) is 0 Å². The number of aromatic nitrogens is 7. The third-order valence-corrected chi connectivity index (χ3v) is 5.73. The summed E-state index contributed by atoms with van der Waals surface area (Å²) in [6.45, 7) is 0. The molecule has 36 heavy (non-hydrogen) atoms. The summed E-state index contributed by atoms with van der Waals surface area (Å²) in [6.07, 6.45) is 5.42. The Morgan fingerprint density at radius 3 is 2.47 bits per heavy atom. The van der Waals surface area contributed by atoms with Crippen LogP contribution in [-0.2, 0) is 6.42 Å². The molecule has 9 nitrogen and oxygen atoms in total. The minimum absolute atomic E-state index is 0.259. The molecule has 0 atom stereocenters. The van der Waals surface area contributed by atoms with Crippen LogP contribution in [0.1, 0.15) is 15.9 Å². The number of rotatable bonds is 7. The summed E-state index contributed by atoms with van der Waals surface area (Å²) in [4.78, 5) is 12.9. The summed E-state index contributed by atoms with van der Waals surface area (Å²) < 4.78 is 3.06. The lowest BCUT2D eigenvalue weighted by molar-refractivity contribution is 0.0965. The molecule has 0 bridgehead atoms. The third kappa shape index (κ3) is 5.48. The summed E-state index contributed by atoms with van der Waals surface area (Å²) in [5.74, 6) is -0.259. The lowest BCUT2D eigenvalue weighted by Crippen LogP contribution is -2.24. The van der Waals surface area contributed by atoms with E-state index in [4.69, 9.17) is 23.2 Å². The van der Waals surface area contributed by atoms with Crippen molar-refractivity contribution in [1.29, 1.82) is 0 Å². The van der Waals surface area contributed by atoms with Crippen LogP contribution in [0.3, 0.4) is 0 Å². The highest BCUT2D eigenvalue weighted by atomic mass is 35.5. The fourth-order valence-corrected chi connectivity index (χ4v) is 3.86. The summed E-state index contributed by atoms with van der Waals surface area (Å²) >= 11 is 12.2. The van der Waals surface area contributed by atoms with Gasteiger partial charge < -0.3 is 5.32 Å². The van der Waals surface area contributed by atoms with Gasteiger partial charge in [-0.3, -0.25) is 4.79 Å². The van der Waals surface area contributed by atoms with Crippen molar-refractivity contribution in [2.45, 2.75) is 6.42 Å². The lowest BCUT2D eigenvalue weighted by atomic mass is 10.1. The first-order valence-electron chi connectivity index (χ1n) is 10.8. The average molecular weight is 517 g/mol. The molecule has 2 aromatic heterocycles. The molecule has 5 aromatic rings. The molecule has 0 aliphatic rings. The molecule has 0 fully saturated rings. The second kappa shape index (κ2) is 10.5. The van der Waals surface area contributed by atoms with Gasteiger partial charge in [0.1, 0.15) is 12.0 Å². The summed E-state index contributed by atoms with van der Waals surface area (Å²) in [5.41, 5.74) is 4.09. The Bertz CT molecular complexity index is 1510. The normalized spacial score (nSPS) is 11.4. The average Bonchev–Trinajstić information content (AvgIpc) is 3.58. The number of amides is 1. The van der Waals surface area contributed by atoms with Crippen molar-refractivity contribution in [2.24, 2.45) is 0 Å². The Morgan fingerprint density at radius 1 is 0.944 bits per heavy atom. The topological polar surface area (TPSA) is 103 Å². The number of carbonyl (C=O) groups excluding carboxylic acids is 1. The van der Waals surface area contributed by atoms with Crippen LogP contribution in [0.25, 0.3) is 23.1 Å². The predicted octanol–water partition coefficient (Wildman–Crippen LogP) is 4.70. The molecule has 0 unspecified atom stereocenters. The van der Waals surface area contributed by atoms with E-state index in [2.05, 4.69) is 31.2 Å². The van der Waals surface area contributed by atoms with E-state index in [-0.39, 0.29) is 5.91 Å². The van der Waals surface area contributed by atoms with E-state index in [0.717, 1.165) is 5.56 Å². The zero-order chi connectivity index (χ0) is 24.9. The first kappa shape index (κ1) is 23.4. The van der Waals surface area contributed by atoms with Gasteiger partial charge in [0.15, 0.2) is 0 Å². The van der Waals surface area contributed by atoms with Crippen molar-refractivity contribution in [3.8, 4) is 16.9 Å². The molecule has 0 radical (unpaired) electrons. The maximum atomic E-state index is 12.9. The number of hydrogen-bond acceptors (Lipinski definition) is 6. The van der Waals surface area contributed by atoms with Crippen molar-refractivity contribution in [3.63, 3.8) is 0 Å². The number of carbonyl (C=O) groups is 1. The molecule has 0 saturated carbocycles. The Hall–Kier alpha value is -4.34. The van der Waals surface area contributed by atoms with Crippen molar-refractivity contribution in [1.82, 2.24) is 40.5 Å². The monoisotopic (exact) mass is 516 g/mol. The van der Waals surface area contributed by atoms with Crippen molar-refractivity contribution < 1.29 is 4.79 Å². The van der Waals surface area contributed by atoms with Crippen LogP contribution < -0.4 is 5.32 Å². The summed E-state index contributed by atoms with van der Waals surface area (Å²) in [6, 6.07) is 21.8. The lowest BCUT2D eigenvalue weighted by Gasteiger charge is -2.11. The molecular formula is C25H18Cl2N8O. The second-order valence-electron chi connectivity index (χ2n) is 7.78. The molecule has 0 aliphatic carbocycles. The SMILES string of the molecule is O=C(NC(=Cn1cc(-c2cc(Cl)ccc2-n2cnnn2)nn1)Cc1ccccc1)c1ccc(Cl)cc1. The highest BCUT2D eigenvalue weighted by Gasteiger charge is 2.14. The molecule has 1 N–H and O–H groups in total. The number of tetrazole rings is 1. The molecule has 0 aliphatic heterocycles. The molecule has 0 saturated heterocycles. The van der Waals surface area contributed by atoms with E-state index < -0.39 is 0 Å². The number of allylic oxidation sites excluding steroid dienone is 1. The van der Waals surface area contributed by atoms with Crippen molar-refractivity contribution in [2.75, 3.05) is 0 Å². The van der Waals surface area contributed by atoms with Gasteiger partial charge in [0.05, 0.1) is 11.9 Å². The first-order chi connectivity index (χ1) is 17.5. The van der Waals surface area contributed by atoms with E-state index in [1.807, 2.05) is 30.3 Å². The fourth-order valence-electron chi connectivity index (χ4n) is 3.56. The highest BCUT2D eigenvalue weighted by molar-refractivity contribution is 6.31. The highest BCUT2D eigenvalue weighted by Crippen LogP contribution is 2.27. The minimum atomic E-state index is -0.259. The maximum Gasteiger partial charge on any atom is 0.255 e. The standard InChI is InChI=1S/C25H18Cl2N8O/c26-19-8-6-18(7-9-19)25(36)29-21(12-17-4-2-1-3-5-17)14-34-15-23(30-32-34)22-13-20(27)10-11-24(22)35-16-28-31-33-35/h1-11,13-16H,12H2,(H,29,36). The van der Waals surface area contributed by atoms with Crippen molar-refractivity contribution in [3.05, 3.63) is 112 Å². The Labute approximate surface area is 216 Å². The third-order valence-electron chi connectivity index (χ3n) is 5.25. The van der Waals surface area contributed by atoms with Crippen LogP contribution in [0.15, 0.2) is 91.0 Å². The van der Waals surface area contributed by atoms with Gasteiger partial charge >= 0.3 is 0 Å². The Kier molecular flexibility index (Phi) is 6.83. The quantitative estimate of drug-likeness (QED) is 0.336. The number of nitrogens with zero attached hydrogens (tertiary/aromatic N) is 7. The number of benzene rings is 3.